The third kappa shape index (κ3) is 3.32. The molecule has 3 heteroatoms. The molecule has 180 valence electrons. The Kier molecular flexibility index (Phi) is 6.34. The average molecular weight is 443 g/mol. The van der Waals surface area contributed by atoms with Gasteiger partial charge in [-0.05, 0) is 96.9 Å². The van der Waals surface area contributed by atoms with Gasteiger partial charge in [-0.1, -0.05) is 58.8 Å². The molecule has 0 spiro atoms. The molecule has 0 aliphatic heterocycles. The molecule has 0 amide bonds. The Morgan fingerprint density at radius 1 is 1.00 bits per heavy atom. The van der Waals surface area contributed by atoms with E-state index in [0.717, 1.165) is 12.7 Å². The van der Waals surface area contributed by atoms with Gasteiger partial charge >= 0.3 is 0 Å². The van der Waals surface area contributed by atoms with Crippen molar-refractivity contribution >= 4 is 6.29 Å². The number of hydrogen-bond donors (Lipinski definition) is 0. The van der Waals surface area contributed by atoms with Gasteiger partial charge in [0.05, 0.1) is 6.10 Å². The lowest BCUT2D eigenvalue weighted by atomic mass is 9.43. The van der Waals surface area contributed by atoms with Crippen molar-refractivity contribution < 1.29 is 14.3 Å². The summed E-state index contributed by atoms with van der Waals surface area (Å²) in [6.45, 7) is 15.4. The van der Waals surface area contributed by atoms with E-state index in [1.165, 1.54) is 44.9 Å². The maximum Gasteiger partial charge on any atom is 0.146 e. The van der Waals surface area contributed by atoms with E-state index in [1.807, 2.05) is 11.1 Å². The number of fused-ring (bicyclic) bond motifs is 4. The highest BCUT2D eigenvalue weighted by atomic mass is 16.7. The van der Waals surface area contributed by atoms with Crippen LogP contribution in [0.5, 0.6) is 0 Å². The molecule has 0 unspecified atom stereocenters. The summed E-state index contributed by atoms with van der Waals surface area (Å²) in [6, 6.07) is 0. The second-order valence-corrected chi connectivity index (χ2v) is 12.7. The van der Waals surface area contributed by atoms with E-state index < -0.39 is 0 Å². The van der Waals surface area contributed by atoms with Gasteiger partial charge in [-0.3, -0.25) is 4.79 Å². The average Bonchev–Trinajstić information content (AvgIpc) is 3.03. The van der Waals surface area contributed by atoms with Crippen molar-refractivity contribution in [3.05, 3.63) is 23.3 Å². The molecule has 0 radical (unpaired) electrons. The first kappa shape index (κ1) is 24.2. The Hall–Kier alpha value is -0.930. The number of carbonyl (C=O) groups is 1. The molecule has 0 N–H and O–H groups in total. The fourth-order valence-corrected chi connectivity index (χ4v) is 9.35. The minimum atomic E-state index is 0.165. The number of hydrogen-bond acceptors (Lipinski definition) is 3. The summed E-state index contributed by atoms with van der Waals surface area (Å²) in [5.41, 5.74) is 4.74. The predicted molar refractivity (Wildman–Crippen MR) is 130 cm³/mol. The standard InChI is InChI=1S/C29H46O3/c1-20(9-8-18-30)21-12-16-29(6)23-10-11-24-26(2,3)25(32-19-31-7)14-15-27(24,4)22(23)13-17-28(21,29)5/h8-9,18,20-21,24-25H,10-17,19H2,1-7H3/b9-8+/t20-,21-,24+,25+,27-,28-,29+/m1/s1. The zero-order valence-corrected chi connectivity index (χ0v) is 21.6. The van der Waals surface area contributed by atoms with Crippen LogP contribution in [0.25, 0.3) is 0 Å². The molecule has 0 aromatic heterocycles. The fourth-order valence-electron chi connectivity index (χ4n) is 9.35. The number of aldehydes is 1. The van der Waals surface area contributed by atoms with E-state index in [0.29, 0.717) is 40.8 Å². The second-order valence-electron chi connectivity index (χ2n) is 12.7. The van der Waals surface area contributed by atoms with Crippen LogP contribution < -0.4 is 0 Å². The largest absolute Gasteiger partial charge is 0.359 e. The molecular formula is C29H46O3. The summed E-state index contributed by atoms with van der Waals surface area (Å²) in [7, 11) is 1.72. The number of rotatable bonds is 6. The lowest BCUT2D eigenvalue weighted by Crippen LogP contribution is -2.55. The topological polar surface area (TPSA) is 35.5 Å². The second kappa shape index (κ2) is 8.38. The van der Waals surface area contributed by atoms with E-state index in [1.54, 1.807) is 13.2 Å². The van der Waals surface area contributed by atoms with Crippen LogP contribution in [0.1, 0.15) is 92.9 Å². The fraction of sp³-hybridized carbons (Fsp3) is 0.828. The number of carbonyl (C=O) groups excluding carboxylic acids is 1. The van der Waals surface area contributed by atoms with Gasteiger partial charge in [0.1, 0.15) is 13.1 Å². The van der Waals surface area contributed by atoms with Crippen molar-refractivity contribution in [2.45, 2.75) is 99.0 Å². The highest BCUT2D eigenvalue weighted by molar-refractivity contribution is 5.64. The highest BCUT2D eigenvalue weighted by Crippen LogP contribution is 2.72. The normalized spacial score (nSPS) is 44.2. The quantitative estimate of drug-likeness (QED) is 0.190. The summed E-state index contributed by atoms with van der Waals surface area (Å²) in [5.74, 6) is 1.80. The summed E-state index contributed by atoms with van der Waals surface area (Å²) >= 11 is 0. The lowest BCUT2D eigenvalue weighted by Gasteiger charge is -2.62. The van der Waals surface area contributed by atoms with Crippen molar-refractivity contribution in [3.8, 4) is 0 Å². The maximum absolute atomic E-state index is 10.9. The van der Waals surface area contributed by atoms with E-state index >= 15 is 0 Å². The van der Waals surface area contributed by atoms with Crippen molar-refractivity contribution in [3.63, 3.8) is 0 Å². The van der Waals surface area contributed by atoms with E-state index in [2.05, 4.69) is 47.6 Å². The Morgan fingerprint density at radius 2 is 1.75 bits per heavy atom. The monoisotopic (exact) mass is 442 g/mol. The predicted octanol–water partition coefficient (Wildman–Crippen LogP) is 7.12. The molecule has 7 atom stereocenters. The van der Waals surface area contributed by atoms with Crippen LogP contribution in [0.15, 0.2) is 23.3 Å². The molecule has 4 aliphatic carbocycles. The van der Waals surface area contributed by atoms with E-state index in [-0.39, 0.29) is 11.5 Å². The Morgan fingerprint density at radius 3 is 2.44 bits per heavy atom. The Bertz CT molecular complexity index is 794. The van der Waals surface area contributed by atoms with Crippen LogP contribution in [0, 0.1) is 39.4 Å². The molecule has 4 aliphatic rings. The Balaban J connectivity index is 1.68. The number of methoxy groups -OCH3 is 1. The van der Waals surface area contributed by atoms with E-state index in [9.17, 15) is 4.79 Å². The molecule has 0 bridgehead atoms. The van der Waals surface area contributed by atoms with Crippen molar-refractivity contribution in [1.29, 1.82) is 0 Å². The van der Waals surface area contributed by atoms with Crippen LogP contribution in [-0.2, 0) is 14.3 Å². The van der Waals surface area contributed by atoms with Gasteiger partial charge in [-0.15, -0.1) is 0 Å². The summed E-state index contributed by atoms with van der Waals surface area (Å²) in [6.07, 6.45) is 15.1. The third-order valence-corrected chi connectivity index (χ3v) is 11.3. The zero-order valence-electron chi connectivity index (χ0n) is 21.6. The van der Waals surface area contributed by atoms with Gasteiger partial charge in [0.25, 0.3) is 0 Å². The summed E-state index contributed by atoms with van der Waals surface area (Å²) < 4.78 is 11.4. The minimum Gasteiger partial charge on any atom is -0.359 e. The van der Waals surface area contributed by atoms with Crippen LogP contribution in [0.3, 0.4) is 0 Å². The first-order chi connectivity index (χ1) is 15.1. The van der Waals surface area contributed by atoms with Crippen molar-refractivity contribution in [1.82, 2.24) is 0 Å². The molecule has 3 nitrogen and oxygen atoms in total. The van der Waals surface area contributed by atoms with E-state index in [4.69, 9.17) is 9.47 Å². The maximum atomic E-state index is 10.9. The van der Waals surface area contributed by atoms with Crippen LogP contribution in [0.2, 0.25) is 0 Å². The third-order valence-electron chi connectivity index (χ3n) is 11.3. The van der Waals surface area contributed by atoms with Crippen molar-refractivity contribution in [2.24, 2.45) is 39.4 Å². The summed E-state index contributed by atoms with van der Waals surface area (Å²) in [5, 5.41) is 0. The molecule has 0 heterocycles. The van der Waals surface area contributed by atoms with Gasteiger partial charge in [-0.25, -0.2) is 0 Å². The van der Waals surface area contributed by atoms with Gasteiger partial charge < -0.3 is 9.47 Å². The van der Waals surface area contributed by atoms with Crippen molar-refractivity contribution in [2.75, 3.05) is 13.9 Å². The summed E-state index contributed by atoms with van der Waals surface area (Å²) in [4.78, 5) is 10.9. The molecule has 0 aromatic rings. The van der Waals surface area contributed by atoms with Gasteiger partial charge in [0, 0.05) is 7.11 Å². The molecular weight excluding hydrogens is 396 g/mol. The van der Waals surface area contributed by atoms with Crippen LogP contribution in [0.4, 0.5) is 0 Å². The first-order valence-electron chi connectivity index (χ1n) is 13.0. The smallest absolute Gasteiger partial charge is 0.146 e. The molecule has 2 fully saturated rings. The lowest BCUT2D eigenvalue weighted by molar-refractivity contribution is -0.166. The highest BCUT2D eigenvalue weighted by Gasteiger charge is 2.63. The van der Waals surface area contributed by atoms with Crippen LogP contribution >= 0.6 is 0 Å². The zero-order chi connectivity index (χ0) is 23.4. The van der Waals surface area contributed by atoms with Gasteiger partial charge in [-0.2, -0.15) is 0 Å². The first-order valence-corrected chi connectivity index (χ1v) is 13.0. The molecule has 32 heavy (non-hydrogen) atoms. The molecule has 0 saturated heterocycles. The van der Waals surface area contributed by atoms with Gasteiger partial charge in [0.2, 0.25) is 0 Å². The molecule has 2 saturated carbocycles. The van der Waals surface area contributed by atoms with Gasteiger partial charge in [0.15, 0.2) is 0 Å². The SMILES string of the molecule is COCO[C@H]1CC[C@]2(C)C3=C(CC[C@H]2C1(C)C)[C@]1(C)CC[C@H]([C@H](C)/C=C/C=O)[C@@]1(C)CC3. The molecule has 0 aromatic carbocycles. The Labute approximate surface area is 196 Å². The number of allylic oxidation sites excluding steroid dienone is 4. The van der Waals surface area contributed by atoms with Crippen LogP contribution in [-0.4, -0.2) is 26.3 Å². The number of ether oxygens (including phenoxy) is 2. The molecule has 4 rings (SSSR count). The minimum absolute atomic E-state index is 0.165.